The Kier molecular flexibility index (Phi) is 9.98. The van der Waals surface area contributed by atoms with Crippen molar-refractivity contribution in [1.29, 1.82) is 0 Å². The highest BCUT2D eigenvalue weighted by Crippen LogP contribution is 2.17. The number of hydrogen-bond donors (Lipinski definition) is 1. The molecule has 0 aliphatic heterocycles. The van der Waals surface area contributed by atoms with Crippen LogP contribution < -0.4 is 5.56 Å². The first-order chi connectivity index (χ1) is 15.6. The monoisotopic (exact) mass is 469 g/mol. The van der Waals surface area contributed by atoms with Gasteiger partial charge < -0.3 is 4.98 Å². The molecule has 5 nitrogen and oxygen atoms in total. The Hall–Kier alpha value is -2.44. The number of aromatic amines is 1. The van der Waals surface area contributed by atoms with E-state index >= 15 is 0 Å². The van der Waals surface area contributed by atoms with E-state index in [1.54, 1.807) is 54.6 Å². The van der Waals surface area contributed by atoms with Crippen LogP contribution in [0.1, 0.15) is 66.4 Å². The molecule has 7 heteroatoms. The molecule has 0 radical (unpaired) electrons. The molecule has 32 heavy (non-hydrogen) atoms. The molecule has 0 saturated heterocycles. The zero-order valence-electron chi connectivity index (χ0n) is 18.1. The lowest BCUT2D eigenvalue weighted by Gasteiger charge is -2.04. The molecule has 0 aliphatic rings. The highest BCUT2D eigenvalue weighted by atomic mass is 35.5. The Morgan fingerprint density at radius 3 is 2.44 bits per heavy atom. The molecule has 0 spiro atoms. The van der Waals surface area contributed by atoms with Crippen molar-refractivity contribution in [2.45, 2.75) is 56.5 Å². The topological polar surface area (TPSA) is 75.7 Å². The van der Waals surface area contributed by atoms with E-state index in [0.29, 0.717) is 28.6 Å². The standard InChI is InChI=1S/C25H28ClN3O2S/c26-22-12-10-20(11-13-22)23(30)9-5-3-1-2-4-6-15-32-25-28-18-21(24(31)29-25)16-19-8-7-14-27-17-19/h7-8,10-14,17-18H,1-6,9,15-16H2,(H,28,29,31). The first-order valence-electron chi connectivity index (χ1n) is 11.0. The number of rotatable bonds is 13. The van der Waals surface area contributed by atoms with E-state index in [0.717, 1.165) is 55.4 Å². The molecule has 2 heterocycles. The van der Waals surface area contributed by atoms with Gasteiger partial charge in [0, 0.05) is 53.3 Å². The van der Waals surface area contributed by atoms with E-state index < -0.39 is 0 Å². The molecule has 3 aromatic rings. The van der Waals surface area contributed by atoms with Gasteiger partial charge in [-0.05, 0) is 48.7 Å². The minimum absolute atomic E-state index is 0.0838. The maximum absolute atomic E-state index is 12.3. The van der Waals surface area contributed by atoms with Crippen molar-refractivity contribution in [3.63, 3.8) is 0 Å². The first kappa shape index (κ1) is 24.2. The van der Waals surface area contributed by atoms with Gasteiger partial charge in [-0.1, -0.05) is 55.1 Å². The fourth-order valence-corrected chi connectivity index (χ4v) is 4.33. The number of thioether (sulfide) groups is 1. The third-order valence-corrected chi connectivity index (χ3v) is 6.40. The number of carbonyl (C=O) groups is 1. The second-order valence-electron chi connectivity index (χ2n) is 7.73. The van der Waals surface area contributed by atoms with Crippen LogP contribution in [0, 0.1) is 0 Å². The summed E-state index contributed by atoms with van der Waals surface area (Å²) >= 11 is 7.44. The Bertz CT molecular complexity index is 1040. The highest BCUT2D eigenvalue weighted by molar-refractivity contribution is 7.99. The summed E-state index contributed by atoms with van der Waals surface area (Å²) < 4.78 is 0. The largest absolute Gasteiger partial charge is 0.301 e. The van der Waals surface area contributed by atoms with Gasteiger partial charge in [0.05, 0.1) is 0 Å². The summed E-state index contributed by atoms with van der Waals surface area (Å²) in [6.07, 6.45) is 12.8. The van der Waals surface area contributed by atoms with Gasteiger partial charge in [-0.15, -0.1) is 0 Å². The third-order valence-electron chi connectivity index (χ3n) is 5.17. The molecule has 0 amide bonds. The quantitative estimate of drug-likeness (QED) is 0.141. The minimum Gasteiger partial charge on any atom is -0.301 e. The summed E-state index contributed by atoms with van der Waals surface area (Å²) in [7, 11) is 0. The summed E-state index contributed by atoms with van der Waals surface area (Å²) in [5, 5.41) is 1.32. The molecular weight excluding hydrogens is 442 g/mol. The molecule has 1 aromatic carbocycles. The van der Waals surface area contributed by atoms with Crippen molar-refractivity contribution in [3.05, 3.63) is 87.1 Å². The Morgan fingerprint density at radius 2 is 1.72 bits per heavy atom. The average molecular weight is 470 g/mol. The van der Waals surface area contributed by atoms with E-state index in [-0.39, 0.29) is 11.3 Å². The zero-order chi connectivity index (χ0) is 22.6. The summed E-state index contributed by atoms with van der Waals surface area (Å²) in [5.41, 5.74) is 2.30. The van der Waals surface area contributed by atoms with Crippen molar-refractivity contribution >= 4 is 29.1 Å². The molecule has 0 saturated carbocycles. The minimum atomic E-state index is -0.0838. The lowest BCUT2D eigenvalue weighted by Crippen LogP contribution is -2.14. The predicted octanol–water partition coefficient (Wildman–Crippen LogP) is 6.11. The summed E-state index contributed by atoms with van der Waals surface area (Å²) in [6.45, 7) is 0. The molecule has 0 fully saturated rings. The van der Waals surface area contributed by atoms with Crippen LogP contribution in [-0.4, -0.2) is 26.5 Å². The number of halogens is 1. The van der Waals surface area contributed by atoms with Crippen molar-refractivity contribution in [1.82, 2.24) is 15.0 Å². The number of hydrogen-bond acceptors (Lipinski definition) is 5. The van der Waals surface area contributed by atoms with E-state index in [2.05, 4.69) is 15.0 Å². The van der Waals surface area contributed by atoms with Crippen molar-refractivity contribution in [3.8, 4) is 0 Å². The van der Waals surface area contributed by atoms with E-state index in [1.165, 1.54) is 0 Å². The summed E-state index contributed by atoms with van der Waals surface area (Å²) in [6, 6.07) is 10.9. The zero-order valence-corrected chi connectivity index (χ0v) is 19.6. The molecule has 0 unspecified atom stereocenters. The molecule has 0 bridgehead atoms. The van der Waals surface area contributed by atoms with Gasteiger partial charge in [0.15, 0.2) is 10.9 Å². The number of unbranched alkanes of at least 4 members (excludes halogenated alkanes) is 5. The number of Topliss-reactive ketones (excluding diaryl/α,β-unsaturated/α-hetero) is 1. The molecule has 1 N–H and O–H groups in total. The molecule has 2 aromatic heterocycles. The predicted molar refractivity (Wildman–Crippen MR) is 131 cm³/mol. The fourth-order valence-electron chi connectivity index (χ4n) is 3.37. The van der Waals surface area contributed by atoms with Gasteiger partial charge in [0.1, 0.15) is 0 Å². The van der Waals surface area contributed by atoms with Crippen molar-refractivity contribution in [2.75, 3.05) is 5.75 Å². The van der Waals surface area contributed by atoms with Crippen LogP contribution in [0.25, 0.3) is 0 Å². The third kappa shape index (κ3) is 8.24. The van der Waals surface area contributed by atoms with Crippen LogP contribution in [0.3, 0.4) is 0 Å². The van der Waals surface area contributed by atoms with Gasteiger partial charge in [-0.3, -0.25) is 14.6 Å². The smallest absolute Gasteiger partial charge is 0.255 e. The number of H-pyrrole nitrogens is 1. The van der Waals surface area contributed by atoms with Gasteiger partial charge in [0.25, 0.3) is 5.56 Å². The Balaban J connectivity index is 1.25. The van der Waals surface area contributed by atoms with Gasteiger partial charge in [0.2, 0.25) is 0 Å². The van der Waals surface area contributed by atoms with Crippen LogP contribution >= 0.6 is 23.4 Å². The van der Waals surface area contributed by atoms with E-state index in [9.17, 15) is 9.59 Å². The highest BCUT2D eigenvalue weighted by Gasteiger charge is 2.06. The van der Waals surface area contributed by atoms with Gasteiger partial charge >= 0.3 is 0 Å². The second-order valence-corrected chi connectivity index (χ2v) is 9.25. The van der Waals surface area contributed by atoms with E-state index in [4.69, 9.17) is 11.6 Å². The van der Waals surface area contributed by atoms with Gasteiger partial charge in [-0.25, -0.2) is 4.98 Å². The summed E-state index contributed by atoms with van der Waals surface area (Å²) in [5.74, 6) is 1.12. The number of nitrogens with zero attached hydrogens (tertiary/aromatic N) is 2. The number of benzene rings is 1. The lowest BCUT2D eigenvalue weighted by atomic mass is 10.0. The maximum Gasteiger partial charge on any atom is 0.255 e. The summed E-state index contributed by atoms with van der Waals surface area (Å²) in [4.78, 5) is 35.7. The molecule has 0 atom stereocenters. The normalized spacial score (nSPS) is 10.9. The molecule has 3 rings (SSSR count). The van der Waals surface area contributed by atoms with Crippen molar-refractivity contribution < 1.29 is 4.79 Å². The van der Waals surface area contributed by atoms with Crippen molar-refractivity contribution in [2.24, 2.45) is 0 Å². The van der Waals surface area contributed by atoms with E-state index in [1.807, 2.05) is 12.1 Å². The first-order valence-corrected chi connectivity index (χ1v) is 12.4. The average Bonchev–Trinajstić information content (AvgIpc) is 2.80. The maximum atomic E-state index is 12.3. The SMILES string of the molecule is O=C(CCCCCCCCSc1ncc(Cc2cccnc2)c(=O)[nH]1)c1ccc(Cl)cc1. The second kappa shape index (κ2) is 13.2. The number of carbonyl (C=O) groups excluding carboxylic acids is 1. The molecule has 168 valence electrons. The Labute approximate surface area is 198 Å². The number of nitrogens with one attached hydrogen (secondary N) is 1. The molecular formula is C25H28ClN3O2S. The Morgan fingerprint density at radius 1 is 0.969 bits per heavy atom. The number of aromatic nitrogens is 3. The fraction of sp³-hybridized carbons (Fsp3) is 0.360. The number of pyridine rings is 1. The van der Waals surface area contributed by atoms with Crippen LogP contribution in [-0.2, 0) is 6.42 Å². The van der Waals surface area contributed by atoms with Crippen LogP contribution in [0.5, 0.6) is 0 Å². The lowest BCUT2D eigenvalue weighted by molar-refractivity contribution is 0.0979. The van der Waals surface area contributed by atoms with Crippen LogP contribution in [0.2, 0.25) is 5.02 Å². The molecule has 0 aliphatic carbocycles. The van der Waals surface area contributed by atoms with Crippen LogP contribution in [0.15, 0.2) is 64.9 Å². The van der Waals surface area contributed by atoms with Crippen LogP contribution in [0.4, 0.5) is 0 Å². The number of ketones is 1. The van der Waals surface area contributed by atoms with Gasteiger partial charge in [-0.2, -0.15) is 0 Å².